The third kappa shape index (κ3) is 4.09. The minimum absolute atomic E-state index is 0. The van der Waals surface area contributed by atoms with E-state index >= 15 is 0 Å². The first kappa shape index (κ1) is 20.4. The number of nitrogens with zero attached hydrogens (tertiary/aromatic N) is 2. The van der Waals surface area contributed by atoms with Gasteiger partial charge in [0.25, 0.3) is 0 Å². The fourth-order valence-corrected chi connectivity index (χ4v) is 4.68. The van der Waals surface area contributed by atoms with Gasteiger partial charge in [0.1, 0.15) is 5.75 Å². The third-order valence-corrected chi connectivity index (χ3v) is 6.03. The lowest BCUT2D eigenvalue weighted by atomic mass is 9.99. The SMILES string of the molecule is COc1ccccc1C1CNCCN1C1CCN(C2CCOCC2)C1=O.Cl. The highest BCUT2D eigenvalue weighted by atomic mass is 35.5. The number of carbonyl (C=O) groups is 1. The minimum Gasteiger partial charge on any atom is -0.496 e. The second kappa shape index (κ2) is 9.24. The van der Waals surface area contributed by atoms with E-state index in [2.05, 4.69) is 27.2 Å². The van der Waals surface area contributed by atoms with E-state index in [4.69, 9.17) is 9.47 Å². The molecule has 1 aromatic carbocycles. The van der Waals surface area contributed by atoms with E-state index in [-0.39, 0.29) is 24.5 Å². The molecule has 0 bridgehead atoms. The van der Waals surface area contributed by atoms with Crippen molar-refractivity contribution in [1.29, 1.82) is 0 Å². The van der Waals surface area contributed by atoms with Crippen LogP contribution in [0.5, 0.6) is 5.75 Å². The van der Waals surface area contributed by atoms with Crippen LogP contribution in [-0.4, -0.2) is 74.3 Å². The maximum absolute atomic E-state index is 13.2. The average molecular weight is 396 g/mol. The molecule has 2 unspecified atom stereocenters. The molecule has 0 aromatic heterocycles. The molecule has 0 radical (unpaired) electrons. The Labute approximate surface area is 167 Å². The Morgan fingerprint density at radius 1 is 1.11 bits per heavy atom. The summed E-state index contributed by atoms with van der Waals surface area (Å²) in [5.74, 6) is 1.21. The molecule has 4 rings (SSSR count). The summed E-state index contributed by atoms with van der Waals surface area (Å²) in [6.45, 7) is 5.08. The van der Waals surface area contributed by atoms with Gasteiger partial charge in [-0.15, -0.1) is 12.4 Å². The predicted octanol–water partition coefficient (Wildman–Crippen LogP) is 1.84. The first-order valence-electron chi connectivity index (χ1n) is 9.77. The van der Waals surface area contributed by atoms with Crippen LogP contribution in [-0.2, 0) is 9.53 Å². The van der Waals surface area contributed by atoms with Crippen LogP contribution >= 0.6 is 12.4 Å². The zero-order valence-corrected chi connectivity index (χ0v) is 16.7. The molecule has 150 valence electrons. The van der Waals surface area contributed by atoms with E-state index in [1.165, 1.54) is 5.56 Å². The van der Waals surface area contributed by atoms with E-state index in [1.807, 2.05) is 12.1 Å². The van der Waals surface area contributed by atoms with E-state index in [0.717, 1.165) is 64.4 Å². The van der Waals surface area contributed by atoms with E-state index in [9.17, 15) is 4.79 Å². The number of halogens is 1. The number of hydrogen-bond acceptors (Lipinski definition) is 5. The van der Waals surface area contributed by atoms with Crippen LogP contribution in [0.4, 0.5) is 0 Å². The van der Waals surface area contributed by atoms with Gasteiger partial charge in [-0.3, -0.25) is 9.69 Å². The first-order valence-corrected chi connectivity index (χ1v) is 9.77. The molecule has 27 heavy (non-hydrogen) atoms. The molecular formula is C20H30ClN3O3. The van der Waals surface area contributed by atoms with Crippen molar-refractivity contribution in [1.82, 2.24) is 15.1 Å². The van der Waals surface area contributed by atoms with Crippen LogP contribution in [0.1, 0.15) is 30.9 Å². The number of methoxy groups -OCH3 is 1. The summed E-state index contributed by atoms with van der Waals surface area (Å²) in [5.41, 5.74) is 1.17. The highest BCUT2D eigenvalue weighted by molar-refractivity contribution is 5.85. The van der Waals surface area contributed by atoms with Crippen LogP contribution in [0.3, 0.4) is 0 Å². The van der Waals surface area contributed by atoms with Crippen molar-refractivity contribution in [2.45, 2.75) is 37.4 Å². The summed E-state index contributed by atoms with van der Waals surface area (Å²) in [7, 11) is 1.72. The molecule has 3 aliphatic heterocycles. The Morgan fingerprint density at radius 2 is 1.89 bits per heavy atom. The smallest absolute Gasteiger partial charge is 0.240 e. The number of benzene rings is 1. The van der Waals surface area contributed by atoms with Gasteiger partial charge in [-0.2, -0.15) is 0 Å². The first-order chi connectivity index (χ1) is 12.8. The molecule has 7 heteroatoms. The fourth-order valence-electron chi connectivity index (χ4n) is 4.68. The fraction of sp³-hybridized carbons (Fsp3) is 0.650. The largest absolute Gasteiger partial charge is 0.496 e. The van der Waals surface area contributed by atoms with Crippen LogP contribution in [0.25, 0.3) is 0 Å². The molecular weight excluding hydrogens is 366 g/mol. The number of amides is 1. The van der Waals surface area contributed by atoms with Crippen molar-refractivity contribution >= 4 is 18.3 Å². The maximum Gasteiger partial charge on any atom is 0.240 e. The van der Waals surface area contributed by atoms with Gasteiger partial charge >= 0.3 is 0 Å². The Balaban J connectivity index is 0.00000210. The number of ether oxygens (including phenoxy) is 2. The molecule has 3 aliphatic rings. The number of carbonyl (C=O) groups excluding carboxylic acids is 1. The van der Waals surface area contributed by atoms with Gasteiger partial charge in [0.2, 0.25) is 5.91 Å². The molecule has 1 aromatic rings. The van der Waals surface area contributed by atoms with Crippen molar-refractivity contribution < 1.29 is 14.3 Å². The Bertz CT molecular complexity index is 639. The Hall–Kier alpha value is -1.34. The lowest BCUT2D eigenvalue weighted by Crippen LogP contribution is -2.53. The summed E-state index contributed by atoms with van der Waals surface area (Å²) in [6, 6.07) is 8.69. The Morgan fingerprint density at radius 3 is 2.67 bits per heavy atom. The van der Waals surface area contributed by atoms with Crippen LogP contribution in [0.15, 0.2) is 24.3 Å². The van der Waals surface area contributed by atoms with Gasteiger partial charge in [0.15, 0.2) is 0 Å². The monoisotopic (exact) mass is 395 g/mol. The molecule has 0 spiro atoms. The van der Waals surface area contributed by atoms with Gasteiger partial charge < -0.3 is 19.7 Å². The van der Waals surface area contributed by atoms with E-state index in [0.29, 0.717) is 11.9 Å². The molecule has 1 amide bonds. The molecule has 6 nitrogen and oxygen atoms in total. The molecule has 3 saturated heterocycles. The number of rotatable bonds is 4. The van der Waals surface area contributed by atoms with Crippen molar-refractivity contribution in [3.05, 3.63) is 29.8 Å². The van der Waals surface area contributed by atoms with Crippen molar-refractivity contribution in [3.63, 3.8) is 0 Å². The van der Waals surface area contributed by atoms with Gasteiger partial charge in [-0.25, -0.2) is 0 Å². The Kier molecular flexibility index (Phi) is 6.98. The highest BCUT2D eigenvalue weighted by Gasteiger charge is 2.42. The van der Waals surface area contributed by atoms with Crippen LogP contribution in [0, 0.1) is 0 Å². The zero-order valence-electron chi connectivity index (χ0n) is 15.9. The van der Waals surface area contributed by atoms with E-state index < -0.39 is 0 Å². The van der Waals surface area contributed by atoms with Crippen molar-refractivity contribution in [3.8, 4) is 5.75 Å². The summed E-state index contributed by atoms with van der Waals surface area (Å²) < 4.78 is 11.1. The number of nitrogens with one attached hydrogen (secondary N) is 1. The van der Waals surface area contributed by atoms with Crippen molar-refractivity contribution in [2.75, 3.05) is 46.5 Å². The van der Waals surface area contributed by atoms with Gasteiger partial charge in [0, 0.05) is 51.0 Å². The predicted molar refractivity (Wildman–Crippen MR) is 107 cm³/mol. The average Bonchev–Trinajstić information content (AvgIpc) is 3.10. The van der Waals surface area contributed by atoms with Crippen LogP contribution in [0.2, 0.25) is 0 Å². The lowest BCUT2D eigenvalue weighted by molar-refractivity contribution is -0.136. The second-order valence-corrected chi connectivity index (χ2v) is 7.38. The number of hydrogen-bond donors (Lipinski definition) is 1. The standard InChI is InChI=1S/C20H29N3O3.ClH/c1-25-19-5-3-2-4-16(19)18-14-21-9-11-23(18)17-6-10-22(20(17)24)15-7-12-26-13-8-15;/h2-5,15,17-18,21H,6-14H2,1H3;1H. The number of piperazine rings is 1. The van der Waals surface area contributed by atoms with Crippen molar-refractivity contribution in [2.24, 2.45) is 0 Å². The molecule has 1 N–H and O–H groups in total. The topological polar surface area (TPSA) is 54.0 Å². The zero-order chi connectivity index (χ0) is 17.9. The molecule has 0 aliphatic carbocycles. The van der Waals surface area contributed by atoms with Gasteiger partial charge in [-0.1, -0.05) is 18.2 Å². The molecule has 2 atom stereocenters. The molecule has 3 fully saturated rings. The second-order valence-electron chi connectivity index (χ2n) is 7.38. The third-order valence-electron chi connectivity index (χ3n) is 6.03. The van der Waals surface area contributed by atoms with Crippen LogP contribution < -0.4 is 10.1 Å². The van der Waals surface area contributed by atoms with Gasteiger partial charge in [0.05, 0.1) is 19.2 Å². The number of likely N-dealkylation sites (tertiary alicyclic amines) is 1. The number of para-hydroxylation sites is 1. The molecule has 0 saturated carbocycles. The summed E-state index contributed by atoms with van der Waals surface area (Å²) in [5, 5.41) is 3.49. The summed E-state index contributed by atoms with van der Waals surface area (Å²) >= 11 is 0. The maximum atomic E-state index is 13.2. The molecule has 3 heterocycles. The minimum atomic E-state index is -0.0187. The quantitative estimate of drug-likeness (QED) is 0.843. The summed E-state index contributed by atoms with van der Waals surface area (Å²) in [6.07, 6.45) is 2.85. The van der Waals surface area contributed by atoms with E-state index in [1.54, 1.807) is 7.11 Å². The lowest BCUT2D eigenvalue weighted by Gasteiger charge is -2.40. The summed E-state index contributed by atoms with van der Waals surface area (Å²) in [4.78, 5) is 17.7. The highest BCUT2D eigenvalue weighted by Crippen LogP contribution is 2.34. The van der Waals surface area contributed by atoms with Gasteiger partial charge in [-0.05, 0) is 25.3 Å². The normalized spacial score (nSPS) is 27.4.